The van der Waals surface area contributed by atoms with Crippen LogP contribution in [0.4, 0.5) is 10.1 Å². The molecular weight excluding hydrogens is 335 g/mol. The lowest BCUT2D eigenvalue weighted by molar-refractivity contribution is -0.121. The fourth-order valence-corrected chi connectivity index (χ4v) is 2.95. The van der Waals surface area contributed by atoms with Crippen molar-refractivity contribution in [2.45, 2.75) is 12.8 Å². The fourth-order valence-electron chi connectivity index (χ4n) is 2.74. The molecule has 1 aliphatic rings. The van der Waals surface area contributed by atoms with Gasteiger partial charge in [0.1, 0.15) is 12.1 Å². The Hall–Kier alpha value is -2.34. The Balaban J connectivity index is 1.56. The second kappa shape index (κ2) is 7.05. The third-order valence-corrected chi connectivity index (χ3v) is 4.42. The molecule has 1 aliphatic heterocycles. The van der Waals surface area contributed by atoms with Crippen LogP contribution in [-0.4, -0.2) is 29.8 Å². The molecule has 1 saturated heterocycles. The maximum atomic E-state index is 13.0. The molecule has 2 aromatic rings. The van der Waals surface area contributed by atoms with E-state index in [2.05, 4.69) is 5.32 Å². The van der Waals surface area contributed by atoms with Crippen LogP contribution in [-0.2, 0) is 4.79 Å². The predicted molar refractivity (Wildman–Crippen MR) is 87.4 cm³/mol. The van der Waals surface area contributed by atoms with Gasteiger partial charge in [-0.25, -0.2) is 4.39 Å². The highest BCUT2D eigenvalue weighted by atomic mass is 35.5. The standard InChI is InChI=1S/C17H16ClFN2O3/c18-14-9-13(19)1-2-15(14)20-16(22)11-3-6-21(7-4-11)17(23)12-5-8-24-10-12/h1-2,5,8-11H,3-4,6-7H2,(H,20,22). The molecule has 0 radical (unpaired) electrons. The lowest BCUT2D eigenvalue weighted by Crippen LogP contribution is -2.41. The van der Waals surface area contributed by atoms with Crippen molar-refractivity contribution in [2.24, 2.45) is 5.92 Å². The van der Waals surface area contributed by atoms with Crippen LogP contribution in [0.25, 0.3) is 0 Å². The van der Waals surface area contributed by atoms with E-state index < -0.39 is 5.82 Å². The highest BCUT2D eigenvalue weighted by Crippen LogP contribution is 2.25. The number of amides is 2. The zero-order valence-electron chi connectivity index (χ0n) is 12.8. The molecule has 1 aromatic carbocycles. The number of rotatable bonds is 3. The summed E-state index contributed by atoms with van der Waals surface area (Å²) in [6, 6.07) is 5.46. The number of anilines is 1. The highest BCUT2D eigenvalue weighted by molar-refractivity contribution is 6.33. The van der Waals surface area contributed by atoms with Crippen molar-refractivity contribution in [3.05, 3.63) is 53.2 Å². The summed E-state index contributed by atoms with van der Waals surface area (Å²) in [5.74, 6) is -0.924. The minimum Gasteiger partial charge on any atom is -0.472 e. The van der Waals surface area contributed by atoms with E-state index in [0.717, 1.165) is 6.07 Å². The Morgan fingerprint density at radius 2 is 2.00 bits per heavy atom. The number of carbonyl (C=O) groups excluding carboxylic acids is 2. The van der Waals surface area contributed by atoms with Gasteiger partial charge < -0.3 is 14.6 Å². The lowest BCUT2D eigenvalue weighted by Gasteiger charge is -2.31. The summed E-state index contributed by atoms with van der Waals surface area (Å²) in [6.07, 6.45) is 4.00. The topological polar surface area (TPSA) is 62.6 Å². The number of benzene rings is 1. The number of carbonyl (C=O) groups is 2. The summed E-state index contributed by atoms with van der Waals surface area (Å²) >= 11 is 5.92. The van der Waals surface area contributed by atoms with Crippen LogP contribution in [0.3, 0.4) is 0 Å². The Labute approximate surface area is 143 Å². The van der Waals surface area contributed by atoms with Crippen LogP contribution >= 0.6 is 11.6 Å². The zero-order chi connectivity index (χ0) is 17.1. The van der Waals surface area contributed by atoms with Crippen molar-refractivity contribution < 1.29 is 18.4 Å². The van der Waals surface area contributed by atoms with E-state index in [-0.39, 0.29) is 22.8 Å². The van der Waals surface area contributed by atoms with E-state index in [1.807, 2.05) is 0 Å². The van der Waals surface area contributed by atoms with Crippen LogP contribution in [0.1, 0.15) is 23.2 Å². The third kappa shape index (κ3) is 3.59. The summed E-state index contributed by atoms with van der Waals surface area (Å²) in [7, 11) is 0. The van der Waals surface area contributed by atoms with Crippen LogP contribution in [0.15, 0.2) is 41.2 Å². The Bertz CT molecular complexity index is 740. The molecule has 2 heterocycles. The number of hydrogen-bond acceptors (Lipinski definition) is 3. The minimum absolute atomic E-state index is 0.0933. The quantitative estimate of drug-likeness (QED) is 0.920. The molecule has 0 spiro atoms. The van der Waals surface area contributed by atoms with Crippen molar-refractivity contribution in [2.75, 3.05) is 18.4 Å². The first kappa shape index (κ1) is 16.5. The number of nitrogens with one attached hydrogen (secondary N) is 1. The van der Waals surface area contributed by atoms with Gasteiger partial charge in [-0.1, -0.05) is 11.6 Å². The van der Waals surface area contributed by atoms with Crippen LogP contribution in [0.2, 0.25) is 5.02 Å². The molecular formula is C17H16ClFN2O3. The van der Waals surface area contributed by atoms with Gasteiger partial charge in [0.25, 0.3) is 5.91 Å². The van der Waals surface area contributed by atoms with Crippen molar-refractivity contribution in [3.8, 4) is 0 Å². The summed E-state index contributed by atoms with van der Waals surface area (Å²) in [4.78, 5) is 26.3. The van der Waals surface area contributed by atoms with Gasteiger partial charge in [0.2, 0.25) is 5.91 Å². The number of piperidine rings is 1. The maximum Gasteiger partial charge on any atom is 0.257 e. The molecule has 5 nitrogen and oxygen atoms in total. The Morgan fingerprint density at radius 1 is 1.25 bits per heavy atom. The van der Waals surface area contributed by atoms with Gasteiger partial charge in [-0.2, -0.15) is 0 Å². The molecule has 1 N–H and O–H groups in total. The fraction of sp³-hybridized carbons (Fsp3) is 0.294. The first-order valence-corrected chi connectivity index (χ1v) is 8.00. The average Bonchev–Trinajstić information content (AvgIpc) is 3.11. The van der Waals surface area contributed by atoms with Gasteiger partial charge >= 0.3 is 0 Å². The number of furan rings is 1. The maximum absolute atomic E-state index is 13.0. The van der Waals surface area contributed by atoms with E-state index in [9.17, 15) is 14.0 Å². The largest absolute Gasteiger partial charge is 0.472 e. The van der Waals surface area contributed by atoms with Crippen molar-refractivity contribution in [3.63, 3.8) is 0 Å². The first-order valence-electron chi connectivity index (χ1n) is 7.62. The second-order valence-corrected chi connectivity index (χ2v) is 6.10. The number of halogens is 2. The van der Waals surface area contributed by atoms with Crippen LogP contribution in [0.5, 0.6) is 0 Å². The van der Waals surface area contributed by atoms with Crippen LogP contribution < -0.4 is 5.32 Å². The molecule has 7 heteroatoms. The monoisotopic (exact) mass is 350 g/mol. The smallest absolute Gasteiger partial charge is 0.257 e. The number of nitrogens with zero attached hydrogens (tertiary/aromatic N) is 1. The Kier molecular flexibility index (Phi) is 4.85. The first-order chi connectivity index (χ1) is 11.5. The summed E-state index contributed by atoms with van der Waals surface area (Å²) in [5, 5.41) is 2.89. The van der Waals surface area contributed by atoms with E-state index in [4.69, 9.17) is 16.0 Å². The van der Waals surface area contributed by atoms with E-state index in [1.54, 1.807) is 11.0 Å². The highest BCUT2D eigenvalue weighted by Gasteiger charge is 2.28. The second-order valence-electron chi connectivity index (χ2n) is 5.69. The summed E-state index contributed by atoms with van der Waals surface area (Å²) < 4.78 is 18.0. The van der Waals surface area contributed by atoms with Gasteiger partial charge in [0.05, 0.1) is 22.5 Å². The molecule has 0 bridgehead atoms. The van der Waals surface area contributed by atoms with Crippen molar-refractivity contribution in [1.29, 1.82) is 0 Å². The third-order valence-electron chi connectivity index (χ3n) is 4.11. The molecule has 1 aromatic heterocycles. The predicted octanol–water partition coefficient (Wildman–Crippen LogP) is 3.56. The van der Waals surface area contributed by atoms with Crippen molar-refractivity contribution >= 4 is 29.1 Å². The molecule has 126 valence electrons. The van der Waals surface area contributed by atoms with Gasteiger partial charge in [-0.05, 0) is 37.1 Å². The van der Waals surface area contributed by atoms with E-state index in [1.165, 1.54) is 24.7 Å². The van der Waals surface area contributed by atoms with Gasteiger partial charge in [0, 0.05) is 19.0 Å². The van der Waals surface area contributed by atoms with Crippen LogP contribution in [0, 0.1) is 11.7 Å². The molecule has 0 saturated carbocycles. The Morgan fingerprint density at radius 3 is 2.62 bits per heavy atom. The molecule has 0 unspecified atom stereocenters. The minimum atomic E-state index is -0.455. The van der Waals surface area contributed by atoms with Gasteiger partial charge in [-0.15, -0.1) is 0 Å². The normalized spacial score (nSPS) is 15.3. The average molecular weight is 351 g/mol. The van der Waals surface area contributed by atoms with E-state index >= 15 is 0 Å². The lowest BCUT2D eigenvalue weighted by atomic mass is 9.95. The summed E-state index contributed by atoms with van der Waals surface area (Å²) in [6.45, 7) is 0.999. The SMILES string of the molecule is O=C(Nc1ccc(F)cc1Cl)C1CCN(C(=O)c2ccoc2)CC1. The molecule has 0 atom stereocenters. The van der Waals surface area contributed by atoms with Crippen molar-refractivity contribution in [1.82, 2.24) is 4.90 Å². The molecule has 24 heavy (non-hydrogen) atoms. The molecule has 0 aliphatic carbocycles. The number of hydrogen-bond donors (Lipinski definition) is 1. The van der Waals surface area contributed by atoms with Gasteiger partial charge in [-0.3, -0.25) is 9.59 Å². The summed E-state index contributed by atoms with van der Waals surface area (Å²) in [5.41, 5.74) is 0.899. The molecule has 1 fully saturated rings. The number of likely N-dealkylation sites (tertiary alicyclic amines) is 1. The van der Waals surface area contributed by atoms with Gasteiger partial charge in [0.15, 0.2) is 0 Å². The van der Waals surface area contributed by atoms with E-state index in [0.29, 0.717) is 37.2 Å². The molecule has 2 amide bonds. The molecule has 3 rings (SSSR count). The zero-order valence-corrected chi connectivity index (χ0v) is 13.6.